The number of ketones is 1. The van der Waals surface area contributed by atoms with Crippen molar-refractivity contribution < 1.29 is 9.53 Å². The van der Waals surface area contributed by atoms with Gasteiger partial charge in [-0.15, -0.1) is 0 Å². The van der Waals surface area contributed by atoms with Crippen molar-refractivity contribution in [3.05, 3.63) is 29.8 Å². The smallest absolute Gasteiger partial charge is 0.136 e. The molecule has 2 rings (SSSR count). The summed E-state index contributed by atoms with van der Waals surface area (Å²) in [4.78, 5) is 12.1. The molecule has 1 aromatic carbocycles. The lowest BCUT2D eigenvalue weighted by atomic mass is 9.84. The molecule has 1 aromatic rings. The standard InChI is InChI=1S/C16H22O2/c1-18-15-10-7-13(8-11-15)9-12-16(17)14-5-3-2-4-6-14/h7-8,10-11,14H,2-6,9,12H2,1H3. The van der Waals surface area contributed by atoms with E-state index in [-0.39, 0.29) is 0 Å². The first-order valence-corrected chi connectivity index (χ1v) is 6.95. The number of aryl methyl sites for hydroxylation is 1. The third-order valence-corrected chi connectivity index (χ3v) is 3.88. The molecule has 1 fully saturated rings. The Bertz CT molecular complexity index is 375. The molecule has 0 aliphatic heterocycles. The molecule has 0 amide bonds. The Balaban J connectivity index is 1.80. The quantitative estimate of drug-likeness (QED) is 0.790. The highest BCUT2D eigenvalue weighted by Crippen LogP contribution is 2.25. The maximum atomic E-state index is 12.1. The van der Waals surface area contributed by atoms with E-state index in [1.807, 2.05) is 24.3 Å². The van der Waals surface area contributed by atoms with E-state index < -0.39 is 0 Å². The maximum absolute atomic E-state index is 12.1. The molecule has 0 N–H and O–H groups in total. The molecule has 18 heavy (non-hydrogen) atoms. The molecule has 0 saturated heterocycles. The van der Waals surface area contributed by atoms with Crippen molar-refractivity contribution in [3.8, 4) is 5.75 Å². The van der Waals surface area contributed by atoms with Gasteiger partial charge in [0.15, 0.2) is 0 Å². The van der Waals surface area contributed by atoms with Crippen LogP contribution in [-0.4, -0.2) is 12.9 Å². The van der Waals surface area contributed by atoms with Crippen molar-refractivity contribution in [3.63, 3.8) is 0 Å². The van der Waals surface area contributed by atoms with Crippen molar-refractivity contribution in [1.29, 1.82) is 0 Å². The van der Waals surface area contributed by atoms with Crippen LogP contribution >= 0.6 is 0 Å². The molecule has 1 aliphatic carbocycles. The Morgan fingerprint density at radius 1 is 1.17 bits per heavy atom. The third-order valence-electron chi connectivity index (χ3n) is 3.88. The van der Waals surface area contributed by atoms with E-state index in [2.05, 4.69) is 0 Å². The SMILES string of the molecule is COc1ccc(CCC(=O)C2CCCCC2)cc1. The zero-order valence-electron chi connectivity index (χ0n) is 11.2. The van der Waals surface area contributed by atoms with Crippen LogP contribution in [-0.2, 0) is 11.2 Å². The van der Waals surface area contributed by atoms with Crippen molar-refractivity contribution in [1.82, 2.24) is 0 Å². The van der Waals surface area contributed by atoms with E-state index in [0.29, 0.717) is 18.1 Å². The molecule has 0 aromatic heterocycles. The number of carbonyl (C=O) groups is 1. The second-order valence-electron chi connectivity index (χ2n) is 5.15. The molecule has 0 spiro atoms. The van der Waals surface area contributed by atoms with Gasteiger partial charge in [-0.1, -0.05) is 31.4 Å². The van der Waals surface area contributed by atoms with Crippen LogP contribution in [0.25, 0.3) is 0 Å². The number of benzene rings is 1. The zero-order valence-corrected chi connectivity index (χ0v) is 11.2. The number of hydrogen-bond donors (Lipinski definition) is 0. The molecule has 0 unspecified atom stereocenters. The predicted molar refractivity (Wildman–Crippen MR) is 72.9 cm³/mol. The van der Waals surface area contributed by atoms with Gasteiger partial charge < -0.3 is 4.74 Å². The van der Waals surface area contributed by atoms with E-state index in [9.17, 15) is 4.79 Å². The molecule has 2 heteroatoms. The number of ether oxygens (including phenoxy) is 1. The Hall–Kier alpha value is -1.31. The van der Waals surface area contributed by atoms with Crippen molar-refractivity contribution in [2.24, 2.45) is 5.92 Å². The lowest BCUT2D eigenvalue weighted by Gasteiger charge is -2.20. The van der Waals surface area contributed by atoms with Gasteiger partial charge in [-0.25, -0.2) is 0 Å². The normalized spacial score (nSPS) is 16.5. The largest absolute Gasteiger partial charge is 0.497 e. The summed E-state index contributed by atoms with van der Waals surface area (Å²) in [6.07, 6.45) is 7.55. The van der Waals surface area contributed by atoms with Gasteiger partial charge in [0, 0.05) is 12.3 Å². The molecule has 98 valence electrons. The monoisotopic (exact) mass is 246 g/mol. The summed E-state index contributed by atoms with van der Waals surface area (Å²) in [5, 5.41) is 0. The van der Waals surface area contributed by atoms with Crippen LogP contribution in [0.1, 0.15) is 44.1 Å². The number of methoxy groups -OCH3 is 1. The molecular formula is C16H22O2. The third kappa shape index (κ3) is 3.59. The Morgan fingerprint density at radius 2 is 1.83 bits per heavy atom. The predicted octanol–water partition coefficient (Wildman–Crippen LogP) is 3.78. The second kappa shape index (κ2) is 6.58. The highest BCUT2D eigenvalue weighted by molar-refractivity contribution is 5.81. The van der Waals surface area contributed by atoms with Crippen LogP contribution in [0.5, 0.6) is 5.75 Å². The zero-order chi connectivity index (χ0) is 12.8. The van der Waals surface area contributed by atoms with Crippen molar-refractivity contribution in [2.45, 2.75) is 44.9 Å². The molecule has 0 heterocycles. The van der Waals surface area contributed by atoms with Crippen molar-refractivity contribution >= 4 is 5.78 Å². The van der Waals surface area contributed by atoms with Crippen LogP contribution in [0, 0.1) is 5.92 Å². The Kier molecular flexibility index (Phi) is 4.80. The summed E-state index contributed by atoms with van der Waals surface area (Å²) in [5.74, 6) is 1.68. The van der Waals surface area contributed by atoms with Gasteiger partial charge in [0.1, 0.15) is 11.5 Å². The highest BCUT2D eigenvalue weighted by Gasteiger charge is 2.20. The molecule has 0 bridgehead atoms. The van der Waals surface area contributed by atoms with Gasteiger partial charge in [0.2, 0.25) is 0 Å². The first kappa shape index (κ1) is 13.1. The first-order chi connectivity index (χ1) is 8.79. The van der Waals surface area contributed by atoms with E-state index in [1.165, 1.54) is 24.8 Å². The minimum absolute atomic E-state index is 0.344. The van der Waals surface area contributed by atoms with Crippen LogP contribution in [0.4, 0.5) is 0 Å². The summed E-state index contributed by atoms with van der Waals surface area (Å²) in [7, 11) is 1.67. The van der Waals surface area contributed by atoms with E-state index in [0.717, 1.165) is 25.0 Å². The minimum Gasteiger partial charge on any atom is -0.497 e. The van der Waals surface area contributed by atoms with Gasteiger partial charge in [-0.05, 0) is 37.0 Å². The van der Waals surface area contributed by atoms with Gasteiger partial charge in [0.25, 0.3) is 0 Å². The summed E-state index contributed by atoms with van der Waals surface area (Å²) in [5.41, 5.74) is 1.22. The molecule has 0 atom stereocenters. The minimum atomic E-state index is 0.344. The number of hydrogen-bond acceptors (Lipinski definition) is 2. The van der Waals surface area contributed by atoms with Gasteiger partial charge in [-0.2, -0.15) is 0 Å². The van der Waals surface area contributed by atoms with Gasteiger partial charge in [0.05, 0.1) is 7.11 Å². The number of Topliss-reactive ketones (excluding diaryl/α,β-unsaturated/α-hetero) is 1. The van der Waals surface area contributed by atoms with Crippen LogP contribution in [0.15, 0.2) is 24.3 Å². The molecule has 1 saturated carbocycles. The fourth-order valence-corrected chi connectivity index (χ4v) is 2.69. The van der Waals surface area contributed by atoms with Crippen molar-refractivity contribution in [2.75, 3.05) is 7.11 Å². The molecule has 2 nitrogen and oxygen atoms in total. The van der Waals surface area contributed by atoms with E-state index >= 15 is 0 Å². The van der Waals surface area contributed by atoms with E-state index in [1.54, 1.807) is 7.11 Å². The van der Waals surface area contributed by atoms with Gasteiger partial charge >= 0.3 is 0 Å². The summed E-state index contributed by atoms with van der Waals surface area (Å²) in [6, 6.07) is 8.01. The Labute approximate surface area is 109 Å². The highest BCUT2D eigenvalue weighted by atomic mass is 16.5. The van der Waals surface area contributed by atoms with Crippen LogP contribution in [0.3, 0.4) is 0 Å². The second-order valence-corrected chi connectivity index (χ2v) is 5.15. The maximum Gasteiger partial charge on any atom is 0.136 e. The summed E-state index contributed by atoms with van der Waals surface area (Å²) >= 11 is 0. The average Bonchev–Trinajstić information content (AvgIpc) is 2.46. The average molecular weight is 246 g/mol. The van der Waals surface area contributed by atoms with Crippen LogP contribution in [0.2, 0.25) is 0 Å². The Morgan fingerprint density at radius 3 is 2.44 bits per heavy atom. The topological polar surface area (TPSA) is 26.3 Å². The van der Waals surface area contributed by atoms with Crippen LogP contribution < -0.4 is 4.74 Å². The fourth-order valence-electron chi connectivity index (χ4n) is 2.69. The summed E-state index contributed by atoms with van der Waals surface area (Å²) in [6.45, 7) is 0. The van der Waals surface area contributed by atoms with Gasteiger partial charge in [-0.3, -0.25) is 4.79 Å². The molecule has 1 aliphatic rings. The molecular weight excluding hydrogens is 224 g/mol. The summed E-state index contributed by atoms with van der Waals surface area (Å²) < 4.78 is 5.12. The first-order valence-electron chi connectivity index (χ1n) is 6.95. The lowest BCUT2D eigenvalue weighted by Crippen LogP contribution is -2.18. The lowest BCUT2D eigenvalue weighted by molar-refractivity contribution is -0.123. The number of carbonyl (C=O) groups excluding carboxylic acids is 1. The van der Waals surface area contributed by atoms with E-state index in [4.69, 9.17) is 4.74 Å². The fraction of sp³-hybridized carbons (Fsp3) is 0.562. The number of rotatable bonds is 5. The molecule has 0 radical (unpaired) electrons.